The van der Waals surface area contributed by atoms with Gasteiger partial charge < -0.3 is 5.32 Å². The van der Waals surface area contributed by atoms with E-state index in [9.17, 15) is 9.59 Å². The molecule has 0 atom stereocenters. The highest BCUT2D eigenvalue weighted by atomic mass is 32.2. The molecule has 0 spiro atoms. The molecule has 28 heavy (non-hydrogen) atoms. The summed E-state index contributed by atoms with van der Waals surface area (Å²) in [5.74, 6) is -0.227. The van der Waals surface area contributed by atoms with Gasteiger partial charge in [0.1, 0.15) is 6.54 Å². The SMILES string of the molecule is Cc1cccc2c(=O)n(CC(=O)Nc3ccccc3SC3CCCC3)cnc12. The molecule has 1 aliphatic carbocycles. The summed E-state index contributed by atoms with van der Waals surface area (Å²) in [5.41, 5.74) is 2.24. The van der Waals surface area contributed by atoms with Crippen LogP contribution in [0.5, 0.6) is 0 Å². The first-order chi connectivity index (χ1) is 13.6. The second kappa shape index (κ2) is 8.19. The highest BCUT2D eigenvalue weighted by Crippen LogP contribution is 2.37. The molecule has 0 bridgehead atoms. The first-order valence-corrected chi connectivity index (χ1v) is 10.5. The van der Waals surface area contributed by atoms with Crippen molar-refractivity contribution in [1.29, 1.82) is 0 Å². The van der Waals surface area contributed by atoms with Gasteiger partial charge in [0, 0.05) is 10.1 Å². The summed E-state index contributed by atoms with van der Waals surface area (Å²) < 4.78 is 1.36. The fraction of sp³-hybridized carbons (Fsp3) is 0.318. The Morgan fingerprint density at radius 3 is 2.79 bits per heavy atom. The van der Waals surface area contributed by atoms with Crippen LogP contribution in [-0.2, 0) is 11.3 Å². The molecular formula is C22H23N3O2S. The molecule has 1 fully saturated rings. The van der Waals surface area contributed by atoms with Crippen molar-refractivity contribution in [3.05, 3.63) is 64.7 Å². The van der Waals surface area contributed by atoms with E-state index in [1.54, 1.807) is 6.07 Å². The summed E-state index contributed by atoms with van der Waals surface area (Å²) in [6.45, 7) is 1.86. The number of nitrogens with one attached hydrogen (secondary N) is 1. The van der Waals surface area contributed by atoms with E-state index in [4.69, 9.17) is 0 Å². The molecule has 6 heteroatoms. The van der Waals surface area contributed by atoms with Gasteiger partial charge in [0.2, 0.25) is 5.91 Å². The normalized spacial score (nSPS) is 14.5. The number of hydrogen-bond donors (Lipinski definition) is 1. The number of fused-ring (bicyclic) bond motifs is 1. The number of aryl methyl sites for hydroxylation is 1. The maximum Gasteiger partial charge on any atom is 0.261 e. The Morgan fingerprint density at radius 1 is 1.18 bits per heavy atom. The average molecular weight is 394 g/mol. The Balaban J connectivity index is 1.52. The molecule has 1 aromatic heterocycles. The van der Waals surface area contributed by atoms with E-state index < -0.39 is 0 Å². The third-order valence-electron chi connectivity index (χ3n) is 5.13. The zero-order chi connectivity index (χ0) is 19.5. The van der Waals surface area contributed by atoms with Gasteiger partial charge in [-0.05, 0) is 43.5 Å². The van der Waals surface area contributed by atoms with Gasteiger partial charge in [-0.25, -0.2) is 4.98 Å². The van der Waals surface area contributed by atoms with Gasteiger partial charge >= 0.3 is 0 Å². The molecule has 1 amide bonds. The molecule has 1 heterocycles. The predicted molar refractivity (Wildman–Crippen MR) is 114 cm³/mol. The van der Waals surface area contributed by atoms with Crippen LogP contribution in [-0.4, -0.2) is 20.7 Å². The van der Waals surface area contributed by atoms with Crippen LogP contribution in [0.3, 0.4) is 0 Å². The number of para-hydroxylation sites is 2. The van der Waals surface area contributed by atoms with E-state index in [0.29, 0.717) is 16.2 Å². The topological polar surface area (TPSA) is 64.0 Å². The van der Waals surface area contributed by atoms with Crippen molar-refractivity contribution in [3.63, 3.8) is 0 Å². The lowest BCUT2D eigenvalue weighted by molar-refractivity contribution is -0.116. The van der Waals surface area contributed by atoms with E-state index >= 15 is 0 Å². The van der Waals surface area contributed by atoms with Crippen LogP contribution in [0.25, 0.3) is 10.9 Å². The van der Waals surface area contributed by atoms with E-state index in [2.05, 4.69) is 10.3 Å². The van der Waals surface area contributed by atoms with Gasteiger partial charge in [-0.15, -0.1) is 11.8 Å². The van der Waals surface area contributed by atoms with Crippen LogP contribution in [0, 0.1) is 6.92 Å². The maximum absolute atomic E-state index is 12.7. The molecule has 0 unspecified atom stereocenters. The highest BCUT2D eigenvalue weighted by Gasteiger charge is 2.18. The summed E-state index contributed by atoms with van der Waals surface area (Å²) in [7, 11) is 0. The van der Waals surface area contributed by atoms with Gasteiger partial charge in [0.15, 0.2) is 0 Å². The fourth-order valence-electron chi connectivity index (χ4n) is 3.65. The molecular weight excluding hydrogens is 370 g/mol. The molecule has 0 aliphatic heterocycles. The number of nitrogens with zero attached hydrogens (tertiary/aromatic N) is 2. The summed E-state index contributed by atoms with van der Waals surface area (Å²) in [5, 5.41) is 4.13. The van der Waals surface area contributed by atoms with Gasteiger partial charge in [-0.3, -0.25) is 14.2 Å². The van der Waals surface area contributed by atoms with Crippen molar-refractivity contribution in [2.24, 2.45) is 0 Å². The first-order valence-electron chi connectivity index (χ1n) is 9.62. The second-order valence-electron chi connectivity index (χ2n) is 7.22. The molecule has 0 saturated heterocycles. The van der Waals surface area contributed by atoms with Crippen LogP contribution >= 0.6 is 11.8 Å². The molecule has 144 valence electrons. The van der Waals surface area contributed by atoms with Crippen molar-refractivity contribution in [2.75, 3.05) is 5.32 Å². The van der Waals surface area contributed by atoms with E-state index in [1.165, 1.54) is 36.6 Å². The lowest BCUT2D eigenvalue weighted by Crippen LogP contribution is -2.28. The zero-order valence-electron chi connectivity index (χ0n) is 15.9. The zero-order valence-corrected chi connectivity index (χ0v) is 16.7. The Bertz CT molecular complexity index is 1070. The predicted octanol–water partition coefficient (Wildman–Crippen LogP) is 4.38. The highest BCUT2D eigenvalue weighted by molar-refractivity contribution is 8.00. The molecule has 0 radical (unpaired) electrons. The molecule has 5 nitrogen and oxygen atoms in total. The number of thioether (sulfide) groups is 1. The van der Waals surface area contributed by atoms with Crippen molar-refractivity contribution >= 4 is 34.3 Å². The minimum atomic E-state index is -0.227. The lowest BCUT2D eigenvalue weighted by atomic mass is 10.1. The van der Waals surface area contributed by atoms with Gasteiger partial charge in [0.25, 0.3) is 5.56 Å². The van der Waals surface area contributed by atoms with Crippen LogP contribution in [0.4, 0.5) is 5.69 Å². The molecule has 2 aromatic carbocycles. The fourth-order valence-corrected chi connectivity index (χ4v) is 4.98. The summed E-state index contributed by atoms with van der Waals surface area (Å²) in [6, 6.07) is 13.4. The monoisotopic (exact) mass is 393 g/mol. The second-order valence-corrected chi connectivity index (χ2v) is 8.56. The smallest absolute Gasteiger partial charge is 0.261 e. The Kier molecular flexibility index (Phi) is 5.48. The van der Waals surface area contributed by atoms with Crippen LogP contribution in [0.15, 0.2) is 58.5 Å². The molecule has 1 saturated carbocycles. The number of rotatable bonds is 5. The average Bonchev–Trinajstić information content (AvgIpc) is 3.19. The largest absolute Gasteiger partial charge is 0.324 e. The molecule has 4 rings (SSSR count). The van der Waals surface area contributed by atoms with Crippen molar-refractivity contribution in [1.82, 2.24) is 9.55 Å². The summed E-state index contributed by atoms with van der Waals surface area (Å²) in [4.78, 5) is 30.8. The number of amides is 1. The van der Waals surface area contributed by atoms with Crippen LogP contribution < -0.4 is 10.9 Å². The Labute approximate surface area is 168 Å². The first kappa shape index (κ1) is 18.7. The summed E-state index contributed by atoms with van der Waals surface area (Å²) >= 11 is 1.84. The van der Waals surface area contributed by atoms with Crippen molar-refractivity contribution in [2.45, 2.75) is 49.3 Å². The van der Waals surface area contributed by atoms with Crippen molar-refractivity contribution < 1.29 is 4.79 Å². The van der Waals surface area contributed by atoms with Gasteiger partial charge in [-0.2, -0.15) is 0 Å². The number of hydrogen-bond acceptors (Lipinski definition) is 4. The molecule has 3 aromatic rings. The number of anilines is 1. The third-order valence-corrected chi connectivity index (χ3v) is 6.54. The van der Waals surface area contributed by atoms with Gasteiger partial charge in [0.05, 0.1) is 22.9 Å². The standard InChI is InChI=1S/C22H23N3O2S/c1-15-7-6-10-17-21(15)23-14-25(22(17)27)13-20(26)24-18-11-4-5-12-19(18)28-16-8-2-3-9-16/h4-7,10-12,14,16H,2-3,8-9,13H2,1H3,(H,24,26). The summed E-state index contributed by atoms with van der Waals surface area (Å²) in [6.07, 6.45) is 6.47. The van der Waals surface area contributed by atoms with Crippen LogP contribution in [0.2, 0.25) is 0 Å². The number of benzene rings is 2. The quantitative estimate of drug-likeness (QED) is 0.699. The minimum absolute atomic E-state index is 0.0574. The van der Waals surface area contributed by atoms with Gasteiger partial charge in [-0.1, -0.05) is 37.1 Å². The Morgan fingerprint density at radius 2 is 1.96 bits per heavy atom. The number of aromatic nitrogens is 2. The maximum atomic E-state index is 12.7. The number of carbonyl (C=O) groups is 1. The minimum Gasteiger partial charge on any atom is -0.324 e. The van der Waals surface area contributed by atoms with E-state index in [-0.39, 0.29) is 18.0 Å². The van der Waals surface area contributed by atoms with E-state index in [0.717, 1.165) is 16.1 Å². The van der Waals surface area contributed by atoms with Crippen molar-refractivity contribution in [3.8, 4) is 0 Å². The number of carbonyl (C=O) groups excluding carboxylic acids is 1. The molecule has 1 aliphatic rings. The lowest BCUT2D eigenvalue weighted by Gasteiger charge is -2.14. The Hall–Kier alpha value is -2.60. The molecule has 1 N–H and O–H groups in total. The van der Waals surface area contributed by atoms with E-state index in [1.807, 2.05) is 55.1 Å². The third kappa shape index (κ3) is 3.97. The van der Waals surface area contributed by atoms with Crippen LogP contribution in [0.1, 0.15) is 31.2 Å².